The van der Waals surface area contributed by atoms with Crippen molar-refractivity contribution in [2.75, 3.05) is 6.61 Å². The van der Waals surface area contributed by atoms with Crippen molar-refractivity contribution < 1.29 is 19.7 Å². The molecule has 0 radical (unpaired) electrons. The highest BCUT2D eigenvalue weighted by molar-refractivity contribution is 5.70. The van der Waals surface area contributed by atoms with Gasteiger partial charge in [0.05, 0.1) is 18.6 Å². The fraction of sp³-hybridized carbons (Fsp3) is 0.588. The third kappa shape index (κ3) is 3.21. The summed E-state index contributed by atoms with van der Waals surface area (Å²) in [4.78, 5) is 10.8. The summed E-state index contributed by atoms with van der Waals surface area (Å²) >= 11 is 0. The number of carbonyl (C=O) groups is 1. The molecule has 2 aliphatic rings. The molecule has 0 saturated heterocycles. The average Bonchev–Trinajstić information content (AvgIpc) is 2.81. The van der Waals surface area contributed by atoms with Crippen LogP contribution in [0.1, 0.15) is 55.6 Å². The summed E-state index contributed by atoms with van der Waals surface area (Å²) in [6, 6.07) is 5.61. The first-order valence-electron chi connectivity index (χ1n) is 7.76. The van der Waals surface area contributed by atoms with Gasteiger partial charge in [0, 0.05) is 11.5 Å². The first-order valence-corrected chi connectivity index (χ1v) is 7.76. The Bertz CT molecular complexity index is 532. The number of hydrogen-bond acceptors (Lipinski definition) is 3. The lowest BCUT2D eigenvalue weighted by molar-refractivity contribution is -0.136. The molecule has 1 unspecified atom stereocenters. The zero-order valence-electron chi connectivity index (χ0n) is 12.2. The topological polar surface area (TPSA) is 66.8 Å². The van der Waals surface area contributed by atoms with E-state index in [0.717, 1.165) is 49.0 Å². The van der Waals surface area contributed by atoms with Crippen LogP contribution in [0.15, 0.2) is 18.2 Å². The minimum Gasteiger partial charge on any atom is -0.493 e. The van der Waals surface area contributed by atoms with E-state index >= 15 is 0 Å². The fourth-order valence-electron chi connectivity index (χ4n) is 3.65. The summed E-state index contributed by atoms with van der Waals surface area (Å²) in [6.07, 6.45) is 5.89. The molecule has 0 bridgehead atoms. The monoisotopic (exact) mass is 290 g/mol. The number of ether oxygens (including phenoxy) is 1. The average molecular weight is 290 g/mol. The molecule has 0 aromatic heterocycles. The Morgan fingerprint density at radius 1 is 1.29 bits per heavy atom. The van der Waals surface area contributed by atoms with Crippen molar-refractivity contribution >= 4 is 5.97 Å². The molecule has 0 spiro atoms. The number of carboxylic acids is 1. The standard InChI is InChI=1S/C17H22O4/c18-16(19)9-12-4-5-15-14(8-12)13(11-21-15)10-17(20)6-2-1-3-7-17/h4-5,8,13,20H,1-3,6-7,9-11H2,(H,18,19). The van der Waals surface area contributed by atoms with Crippen molar-refractivity contribution in [3.05, 3.63) is 29.3 Å². The molecular formula is C17H22O4. The quantitative estimate of drug-likeness (QED) is 0.895. The number of carboxylic acid groups (broad SMARTS) is 1. The van der Waals surface area contributed by atoms with Crippen molar-refractivity contribution in [2.24, 2.45) is 0 Å². The molecule has 1 aliphatic heterocycles. The Morgan fingerprint density at radius 2 is 2.05 bits per heavy atom. The maximum Gasteiger partial charge on any atom is 0.307 e. The van der Waals surface area contributed by atoms with Crippen LogP contribution in [0.4, 0.5) is 0 Å². The van der Waals surface area contributed by atoms with Crippen LogP contribution >= 0.6 is 0 Å². The number of aliphatic carboxylic acids is 1. The number of benzene rings is 1. The molecule has 1 aliphatic carbocycles. The molecule has 0 amide bonds. The molecule has 1 aromatic rings. The molecular weight excluding hydrogens is 268 g/mol. The van der Waals surface area contributed by atoms with Crippen LogP contribution in [-0.4, -0.2) is 28.4 Å². The van der Waals surface area contributed by atoms with Crippen LogP contribution in [0.5, 0.6) is 5.75 Å². The molecule has 2 N–H and O–H groups in total. The van der Waals surface area contributed by atoms with Crippen molar-refractivity contribution in [2.45, 2.75) is 56.5 Å². The van der Waals surface area contributed by atoms with Gasteiger partial charge >= 0.3 is 5.97 Å². The van der Waals surface area contributed by atoms with Crippen molar-refractivity contribution in [1.29, 1.82) is 0 Å². The van der Waals surface area contributed by atoms with Gasteiger partial charge in [-0.1, -0.05) is 31.4 Å². The van der Waals surface area contributed by atoms with E-state index in [9.17, 15) is 9.90 Å². The van der Waals surface area contributed by atoms with Crippen molar-refractivity contribution in [1.82, 2.24) is 0 Å². The minimum absolute atomic E-state index is 0.0320. The van der Waals surface area contributed by atoms with Gasteiger partial charge in [0.15, 0.2) is 0 Å². The Morgan fingerprint density at radius 3 is 2.76 bits per heavy atom. The maximum absolute atomic E-state index is 10.8. The van der Waals surface area contributed by atoms with Crippen LogP contribution in [0.25, 0.3) is 0 Å². The Labute approximate surface area is 124 Å². The lowest BCUT2D eigenvalue weighted by Crippen LogP contribution is -2.33. The van der Waals surface area contributed by atoms with E-state index in [2.05, 4.69) is 0 Å². The zero-order chi connectivity index (χ0) is 14.9. The van der Waals surface area contributed by atoms with Gasteiger partial charge < -0.3 is 14.9 Å². The highest BCUT2D eigenvalue weighted by Gasteiger charge is 2.36. The number of fused-ring (bicyclic) bond motifs is 1. The maximum atomic E-state index is 10.8. The van der Waals surface area contributed by atoms with Gasteiger partial charge in [0.1, 0.15) is 5.75 Å². The predicted molar refractivity (Wildman–Crippen MR) is 78.7 cm³/mol. The zero-order valence-corrected chi connectivity index (χ0v) is 12.2. The largest absolute Gasteiger partial charge is 0.493 e. The smallest absolute Gasteiger partial charge is 0.307 e. The second-order valence-electron chi connectivity index (χ2n) is 6.44. The summed E-state index contributed by atoms with van der Waals surface area (Å²) in [5.74, 6) is 0.196. The van der Waals surface area contributed by atoms with Gasteiger partial charge in [0.25, 0.3) is 0 Å². The minimum atomic E-state index is -0.823. The van der Waals surface area contributed by atoms with Gasteiger partial charge in [-0.15, -0.1) is 0 Å². The lowest BCUT2D eigenvalue weighted by atomic mass is 9.77. The number of rotatable bonds is 4. The van der Waals surface area contributed by atoms with Crippen LogP contribution < -0.4 is 4.74 Å². The summed E-state index contributed by atoms with van der Waals surface area (Å²) in [6.45, 7) is 0.591. The van der Waals surface area contributed by atoms with E-state index in [1.807, 2.05) is 18.2 Å². The van der Waals surface area contributed by atoms with E-state index in [1.54, 1.807) is 0 Å². The third-order valence-electron chi connectivity index (χ3n) is 4.72. The molecule has 1 heterocycles. The lowest BCUT2D eigenvalue weighted by Gasteiger charge is -2.34. The first-order chi connectivity index (χ1) is 10.1. The van der Waals surface area contributed by atoms with E-state index in [4.69, 9.17) is 9.84 Å². The molecule has 1 fully saturated rings. The van der Waals surface area contributed by atoms with Gasteiger partial charge in [-0.25, -0.2) is 0 Å². The molecule has 114 valence electrons. The van der Waals surface area contributed by atoms with Gasteiger partial charge in [-0.2, -0.15) is 0 Å². The molecule has 21 heavy (non-hydrogen) atoms. The summed E-state index contributed by atoms with van der Waals surface area (Å²) < 4.78 is 5.70. The summed E-state index contributed by atoms with van der Waals surface area (Å²) in [5.41, 5.74) is 1.29. The molecule has 1 atom stereocenters. The molecule has 3 rings (SSSR count). The fourth-order valence-corrected chi connectivity index (χ4v) is 3.65. The van der Waals surface area contributed by atoms with Crippen LogP contribution in [-0.2, 0) is 11.2 Å². The van der Waals surface area contributed by atoms with Crippen LogP contribution in [0.2, 0.25) is 0 Å². The van der Waals surface area contributed by atoms with Crippen LogP contribution in [0, 0.1) is 0 Å². The van der Waals surface area contributed by atoms with E-state index in [-0.39, 0.29) is 12.3 Å². The highest BCUT2D eigenvalue weighted by Crippen LogP contribution is 2.42. The first kappa shape index (κ1) is 14.4. The van der Waals surface area contributed by atoms with E-state index < -0.39 is 11.6 Å². The van der Waals surface area contributed by atoms with Gasteiger partial charge in [-0.3, -0.25) is 4.79 Å². The molecule has 1 aromatic carbocycles. The second kappa shape index (κ2) is 5.68. The van der Waals surface area contributed by atoms with Gasteiger partial charge in [0.2, 0.25) is 0 Å². The Balaban J connectivity index is 1.77. The normalized spacial score (nSPS) is 23.4. The van der Waals surface area contributed by atoms with E-state index in [1.165, 1.54) is 6.42 Å². The molecule has 4 heteroatoms. The number of aliphatic hydroxyl groups is 1. The Hall–Kier alpha value is -1.55. The van der Waals surface area contributed by atoms with Crippen LogP contribution in [0.3, 0.4) is 0 Å². The predicted octanol–water partition coefficient (Wildman–Crippen LogP) is 2.88. The number of hydrogen-bond donors (Lipinski definition) is 2. The van der Waals surface area contributed by atoms with Gasteiger partial charge in [-0.05, 0) is 30.9 Å². The molecule has 1 saturated carbocycles. The van der Waals surface area contributed by atoms with E-state index in [0.29, 0.717) is 6.61 Å². The second-order valence-corrected chi connectivity index (χ2v) is 6.44. The third-order valence-corrected chi connectivity index (χ3v) is 4.72. The molecule has 4 nitrogen and oxygen atoms in total. The van der Waals surface area contributed by atoms with Crippen molar-refractivity contribution in [3.63, 3.8) is 0 Å². The SMILES string of the molecule is O=C(O)Cc1ccc2c(c1)C(CC1(O)CCCCC1)CO2. The Kier molecular flexibility index (Phi) is 3.89. The highest BCUT2D eigenvalue weighted by atomic mass is 16.5. The van der Waals surface area contributed by atoms with Crippen molar-refractivity contribution in [3.8, 4) is 5.75 Å². The summed E-state index contributed by atoms with van der Waals surface area (Å²) in [5, 5.41) is 19.6. The summed E-state index contributed by atoms with van der Waals surface area (Å²) in [7, 11) is 0.